The van der Waals surface area contributed by atoms with Crippen molar-refractivity contribution >= 4 is 21.5 Å². The van der Waals surface area contributed by atoms with Crippen LogP contribution in [0.5, 0.6) is 0 Å². The van der Waals surface area contributed by atoms with Gasteiger partial charge in [0.1, 0.15) is 10.1 Å². The van der Waals surface area contributed by atoms with Crippen molar-refractivity contribution in [2.24, 2.45) is 0 Å². The number of hydrogen-bond acceptors (Lipinski definition) is 4. The van der Waals surface area contributed by atoms with E-state index in [1.807, 2.05) is 0 Å². The molecule has 0 atom stereocenters. The van der Waals surface area contributed by atoms with Gasteiger partial charge in [0.15, 0.2) is 0 Å². The molecule has 50 valence electrons. The van der Waals surface area contributed by atoms with Gasteiger partial charge in [0, 0.05) is 5.38 Å². The number of rotatable bonds is 1. The summed E-state index contributed by atoms with van der Waals surface area (Å²) in [5.74, 6) is 0. The fourth-order valence-corrected chi connectivity index (χ4v) is 1.87. The monoisotopic (exact) mass is 163 g/mol. The SMILES string of the molecule is O=S(=O)([O-])c1ccsc1. The van der Waals surface area contributed by atoms with Crippen molar-refractivity contribution in [1.82, 2.24) is 0 Å². The second-order valence-corrected chi connectivity index (χ2v) is 3.57. The van der Waals surface area contributed by atoms with E-state index in [2.05, 4.69) is 0 Å². The zero-order valence-corrected chi connectivity index (χ0v) is 5.91. The van der Waals surface area contributed by atoms with Gasteiger partial charge in [-0.15, -0.1) is 0 Å². The van der Waals surface area contributed by atoms with Crippen LogP contribution in [-0.4, -0.2) is 13.0 Å². The van der Waals surface area contributed by atoms with Gasteiger partial charge < -0.3 is 4.55 Å². The Morgan fingerprint density at radius 3 is 2.44 bits per heavy atom. The van der Waals surface area contributed by atoms with Gasteiger partial charge in [-0.1, -0.05) is 0 Å². The Bertz CT molecular complexity index is 271. The summed E-state index contributed by atoms with van der Waals surface area (Å²) < 4.78 is 30.4. The first-order valence-corrected chi connectivity index (χ1v) is 4.44. The maximum Gasteiger partial charge on any atom is 0.125 e. The molecular weight excluding hydrogens is 160 g/mol. The maximum absolute atomic E-state index is 10.1. The van der Waals surface area contributed by atoms with E-state index in [4.69, 9.17) is 0 Å². The van der Waals surface area contributed by atoms with Crippen molar-refractivity contribution in [1.29, 1.82) is 0 Å². The minimum absolute atomic E-state index is 0.146. The highest BCUT2D eigenvalue weighted by atomic mass is 32.2. The smallest absolute Gasteiger partial charge is 0.125 e. The number of thiophene rings is 1. The fraction of sp³-hybridized carbons (Fsp3) is 0. The molecule has 9 heavy (non-hydrogen) atoms. The van der Waals surface area contributed by atoms with Gasteiger partial charge in [-0.25, -0.2) is 8.42 Å². The highest BCUT2D eigenvalue weighted by Gasteiger charge is 1.97. The molecule has 0 spiro atoms. The summed E-state index contributed by atoms with van der Waals surface area (Å²) in [5.41, 5.74) is 0. The third-order valence-corrected chi connectivity index (χ3v) is 2.45. The molecule has 5 heteroatoms. The summed E-state index contributed by atoms with van der Waals surface area (Å²) >= 11 is 1.19. The van der Waals surface area contributed by atoms with E-state index >= 15 is 0 Å². The van der Waals surface area contributed by atoms with Crippen LogP contribution in [-0.2, 0) is 10.1 Å². The van der Waals surface area contributed by atoms with Gasteiger partial charge in [-0.2, -0.15) is 11.3 Å². The fourth-order valence-electron chi connectivity index (χ4n) is 0.394. The lowest BCUT2D eigenvalue weighted by atomic mass is 10.7. The van der Waals surface area contributed by atoms with Crippen molar-refractivity contribution < 1.29 is 13.0 Å². The summed E-state index contributed by atoms with van der Waals surface area (Å²) in [6.45, 7) is 0. The van der Waals surface area contributed by atoms with Gasteiger partial charge in [0.2, 0.25) is 0 Å². The van der Waals surface area contributed by atoms with Crippen molar-refractivity contribution in [3.05, 3.63) is 16.8 Å². The normalized spacial score (nSPS) is 11.7. The van der Waals surface area contributed by atoms with E-state index < -0.39 is 10.1 Å². The molecule has 1 heterocycles. The van der Waals surface area contributed by atoms with Crippen LogP contribution in [0.2, 0.25) is 0 Å². The molecule has 0 unspecified atom stereocenters. The first kappa shape index (κ1) is 6.73. The molecule has 0 radical (unpaired) electrons. The van der Waals surface area contributed by atoms with Crippen LogP contribution in [0.3, 0.4) is 0 Å². The van der Waals surface area contributed by atoms with Crippen LogP contribution in [0.4, 0.5) is 0 Å². The van der Waals surface area contributed by atoms with Gasteiger partial charge in [0.25, 0.3) is 0 Å². The highest BCUT2D eigenvalue weighted by molar-refractivity contribution is 7.85. The Morgan fingerprint density at radius 2 is 2.22 bits per heavy atom. The minimum atomic E-state index is -4.20. The van der Waals surface area contributed by atoms with Crippen LogP contribution in [0.25, 0.3) is 0 Å². The molecule has 0 aliphatic carbocycles. The summed E-state index contributed by atoms with van der Waals surface area (Å²) in [6.07, 6.45) is 0. The second-order valence-electron chi connectivity index (χ2n) is 1.41. The van der Waals surface area contributed by atoms with E-state index in [1.54, 1.807) is 5.38 Å². The predicted octanol–water partition coefficient (Wildman–Crippen LogP) is 0.652. The van der Waals surface area contributed by atoms with Gasteiger partial charge in [0.05, 0.1) is 4.90 Å². The first-order chi connectivity index (χ1) is 4.11. The molecule has 0 saturated carbocycles. The van der Waals surface area contributed by atoms with Crippen LogP contribution >= 0.6 is 11.3 Å². The quantitative estimate of drug-likeness (QED) is 0.571. The molecule has 0 aliphatic rings. The van der Waals surface area contributed by atoms with Gasteiger partial charge in [-0.05, 0) is 11.4 Å². The molecule has 1 aromatic rings. The first-order valence-electron chi connectivity index (χ1n) is 2.09. The van der Waals surface area contributed by atoms with Crippen molar-refractivity contribution in [3.8, 4) is 0 Å². The Hall–Kier alpha value is -0.390. The van der Waals surface area contributed by atoms with Crippen LogP contribution in [0, 0.1) is 0 Å². The molecule has 0 aliphatic heterocycles. The average Bonchev–Trinajstić information content (AvgIpc) is 2.08. The molecule has 0 N–H and O–H groups in total. The molecule has 1 aromatic heterocycles. The maximum atomic E-state index is 10.1. The molecule has 0 bridgehead atoms. The van der Waals surface area contributed by atoms with E-state index in [0.717, 1.165) is 0 Å². The Kier molecular flexibility index (Phi) is 1.56. The summed E-state index contributed by atoms with van der Waals surface area (Å²) in [7, 11) is -4.20. The predicted molar refractivity (Wildman–Crippen MR) is 32.3 cm³/mol. The van der Waals surface area contributed by atoms with Gasteiger partial charge >= 0.3 is 0 Å². The topological polar surface area (TPSA) is 57.2 Å². The van der Waals surface area contributed by atoms with Crippen molar-refractivity contribution in [2.75, 3.05) is 0 Å². The largest absolute Gasteiger partial charge is 0.744 e. The van der Waals surface area contributed by atoms with E-state index in [1.165, 1.54) is 22.8 Å². The summed E-state index contributed by atoms with van der Waals surface area (Å²) in [5, 5.41) is 2.85. The summed E-state index contributed by atoms with van der Waals surface area (Å²) in [4.78, 5) is -0.146. The van der Waals surface area contributed by atoms with E-state index in [-0.39, 0.29) is 4.90 Å². The molecule has 0 amide bonds. The molecule has 0 saturated heterocycles. The van der Waals surface area contributed by atoms with E-state index in [9.17, 15) is 13.0 Å². The standard InChI is InChI=1S/C4H4O3S2/c5-9(6,7)4-1-2-8-3-4/h1-3H,(H,5,6,7)/p-1. The third kappa shape index (κ3) is 1.51. The Balaban J connectivity index is 3.20. The van der Waals surface area contributed by atoms with Crippen LogP contribution in [0.1, 0.15) is 0 Å². The zero-order chi connectivity index (χ0) is 6.91. The highest BCUT2D eigenvalue weighted by Crippen LogP contribution is 2.11. The average molecular weight is 163 g/mol. The molecule has 3 nitrogen and oxygen atoms in total. The van der Waals surface area contributed by atoms with Crippen LogP contribution in [0.15, 0.2) is 21.7 Å². The molecule has 0 aromatic carbocycles. The second kappa shape index (κ2) is 2.09. The van der Waals surface area contributed by atoms with Crippen LogP contribution < -0.4 is 0 Å². The van der Waals surface area contributed by atoms with Gasteiger partial charge in [-0.3, -0.25) is 0 Å². The third-order valence-electron chi connectivity index (χ3n) is 0.784. The number of hydrogen-bond donors (Lipinski definition) is 0. The lowest BCUT2D eigenvalue weighted by Crippen LogP contribution is -1.94. The molecular formula is C4H3O3S2-. The Morgan fingerprint density at radius 1 is 1.56 bits per heavy atom. The van der Waals surface area contributed by atoms with Crippen molar-refractivity contribution in [2.45, 2.75) is 4.90 Å². The lowest BCUT2D eigenvalue weighted by molar-refractivity contribution is 0.463. The minimum Gasteiger partial charge on any atom is -0.744 e. The van der Waals surface area contributed by atoms with Crippen molar-refractivity contribution in [3.63, 3.8) is 0 Å². The molecule has 1 rings (SSSR count). The lowest BCUT2D eigenvalue weighted by Gasteiger charge is -2.00. The van der Waals surface area contributed by atoms with E-state index in [0.29, 0.717) is 0 Å². The molecule has 0 fully saturated rings. The zero-order valence-electron chi connectivity index (χ0n) is 4.27. The Labute approximate surface area is 56.7 Å². The summed E-state index contributed by atoms with van der Waals surface area (Å²) in [6, 6.07) is 1.28.